The number of aliphatic hydroxyl groups is 1. The Morgan fingerprint density at radius 1 is 1.36 bits per heavy atom. The lowest BCUT2D eigenvalue weighted by Crippen LogP contribution is -2.29. The molecule has 0 fully saturated rings. The van der Waals surface area contributed by atoms with Crippen molar-refractivity contribution >= 4 is 11.8 Å². The van der Waals surface area contributed by atoms with Gasteiger partial charge in [0, 0.05) is 17.9 Å². The highest BCUT2D eigenvalue weighted by Crippen LogP contribution is 2.16. The highest BCUT2D eigenvalue weighted by atomic mass is 32.2. The first-order chi connectivity index (χ1) is 6.70. The number of rotatable bonds is 9. The summed E-state index contributed by atoms with van der Waals surface area (Å²) < 4.78 is 0. The highest BCUT2D eigenvalue weighted by Gasteiger charge is 2.07. The lowest BCUT2D eigenvalue weighted by atomic mass is 10.2. The molecule has 0 amide bonds. The molecular weight excluding hydrogens is 194 g/mol. The Kier molecular flexibility index (Phi) is 10.0. The van der Waals surface area contributed by atoms with Gasteiger partial charge in [0.2, 0.25) is 0 Å². The van der Waals surface area contributed by atoms with Crippen LogP contribution in [0.5, 0.6) is 0 Å². The molecule has 0 saturated carbocycles. The highest BCUT2D eigenvalue weighted by molar-refractivity contribution is 7.99. The van der Waals surface area contributed by atoms with Crippen LogP contribution in [0.3, 0.4) is 0 Å². The van der Waals surface area contributed by atoms with E-state index in [1.807, 2.05) is 11.8 Å². The normalized spacial score (nSPS) is 15.4. The van der Waals surface area contributed by atoms with Crippen LogP contribution in [0.4, 0.5) is 0 Å². The van der Waals surface area contributed by atoms with Gasteiger partial charge in [0.15, 0.2) is 0 Å². The maximum atomic E-state index is 8.65. The molecule has 2 atom stereocenters. The fourth-order valence-electron chi connectivity index (χ4n) is 1.39. The zero-order valence-electron chi connectivity index (χ0n) is 9.75. The molecule has 0 saturated heterocycles. The summed E-state index contributed by atoms with van der Waals surface area (Å²) >= 11 is 1.96. The van der Waals surface area contributed by atoms with E-state index >= 15 is 0 Å². The maximum Gasteiger partial charge on any atom is 0.0438 e. The fraction of sp³-hybridized carbons (Fsp3) is 1.00. The Bertz CT molecular complexity index is 122. The summed E-state index contributed by atoms with van der Waals surface area (Å²) in [5, 5.41) is 12.8. The Balaban J connectivity index is 3.35. The van der Waals surface area contributed by atoms with Gasteiger partial charge in [-0.05, 0) is 38.5 Å². The van der Waals surface area contributed by atoms with Crippen LogP contribution in [-0.2, 0) is 0 Å². The SMILES string of the molecule is CCCNC(C)CC(C)SCCCO. The molecule has 0 aromatic heterocycles. The average Bonchev–Trinajstić information content (AvgIpc) is 2.15. The number of hydrogen-bond donors (Lipinski definition) is 2. The number of hydrogen-bond acceptors (Lipinski definition) is 3. The van der Waals surface area contributed by atoms with E-state index in [1.54, 1.807) is 0 Å². The van der Waals surface area contributed by atoms with Gasteiger partial charge in [0.25, 0.3) is 0 Å². The molecule has 0 rings (SSSR count). The summed E-state index contributed by atoms with van der Waals surface area (Å²) in [5.41, 5.74) is 0. The van der Waals surface area contributed by atoms with Gasteiger partial charge in [-0.25, -0.2) is 0 Å². The number of thioether (sulfide) groups is 1. The van der Waals surface area contributed by atoms with Crippen LogP contribution < -0.4 is 5.32 Å². The van der Waals surface area contributed by atoms with Crippen LogP contribution in [0.1, 0.15) is 40.0 Å². The van der Waals surface area contributed by atoms with E-state index < -0.39 is 0 Å². The van der Waals surface area contributed by atoms with E-state index in [0.29, 0.717) is 17.9 Å². The minimum absolute atomic E-state index is 0.323. The van der Waals surface area contributed by atoms with Crippen molar-refractivity contribution < 1.29 is 5.11 Å². The molecule has 14 heavy (non-hydrogen) atoms. The minimum atomic E-state index is 0.323. The summed E-state index contributed by atoms with van der Waals surface area (Å²) in [6.07, 6.45) is 3.35. The first-order valence-electron chi connectivity index (χ1n) is 5.66. The number of aliphatic hydroxyl groups excluding tert-OH is 1. The summed E-state index contributed by atoms with van der Waals surface area (Å²) in [7, 11) is 0. The third kappa shape index (κ3) is 8.85. The van der Waals surface area contributed by atoms with Crippen LogP contribution in [0.15, 0.2) is 0 Å². The molecule has 2 N–H and O–H groups in total. The van der Waals surface area contributed by atoms with Gasteiger partial charge in [-0.1, -0.05) is 13.8 Å². The number of nitrogens with one attached hydrogen (secondary N) is 1. The molecule has 3 heteroatoms. The Morgan fingerprint density at radius 2 is 2.07 bits per heavy atom. The quantitative estimate of drug-likeness (QED) is 0.584. The van der Waals surface area contributed by atoms with E-state index in [1.165, 1.54) is 12.8 Å². The van der Waals surface area contributed by atoms with Crippen molar-refractivity contribution in [2.45, 2.75) is 51.3 Å². The van der Waals surface area contributed by atoms with E-state index in [2.05, 4.69) is 26.1 Å². The predicted molar refractivity (Wildman–Crippen MR) is 66.0 cm³/mol. The van der Waals surface area contributed by atoms with Crippen LogP contribution >= 0.6 is 11.8 Å². The second-order valence-corrected chi connectivity index (χ2v) is 5.40. The van der Waals surface area contributed by atoms with Crippen molar-refractivity contribution in [3.63, 3.8) is 0 Å². The van der Waals surface area contributed by atoms with Gasteiger partial charge in [0.1, 0.15) is 0 Å². The molecule has 0 radical (unpaired) electrons. The first-order valence-corrected chi connectivity index (χ1v) is 6.71. The molecule has 0 aromatic carbocycles. The van der Waals surface area contributed by atoms with E-state index in [0.717, 1.165) is 18.7 Å². The zero-order chi connectivity index (χ0) is 10.8. The Hall–Kier alpha value is 0.270. The molecule has 2 unspecified atom stereocenters. The molecule has 0 aromatic rings. The zero-order valence-corrected chi connectivity index (χ0v) is 10.6. The fourth-order valence-corrected chi connectivity index (χ4v) is 2.51. The standard InChI is InChI=1S/C11H25NOS/c1-4-6-12-10(2)9-11(3)14-8-5-7-13/h10-13H,4-9H2,1-3H3. The third-order valence-corrected chi connectivity index (χ3v) is 3.42. The molecule has 0 aliphatic heterocycles. The van der Waals surface area contributed by atoms with Crippen molar-refractivity contribution in [3.05, 3.63) is 0 Å². The van der Waals surface area contributed by atoms with Crippen LogP contribution in [0.25, 0.3) is 0 Å². The predicted octanol–water partition coefficient (Wildman–Crippen LogP) is 2.27. The maximum absolute atomic E-state index is 8.65. The lowest BCUT2D eigenvalue weighted by Gasteiger charge is -2.17. The van der Waals surface area contributed by atoms with Gasteiger partial charge >= 0.3 is 0 Å². The molecule has 0 heterocycles. The van der Waals surface area contributed by atoms with Crippen LogP contribution in [0, 0.1) is 0 Å². The molecule has 0 aliphatic carbocycles. The second-order valence-electron chi connectivity index (χ2n) is 3.85. The smallest absolute Gasteiger partial charge is 0.0438 e. The largest absolute Gasteiger partial charge is 0.396 e. The van der Waals surface area contributed by atoms with Crippen LogP contribution in [-0.4, -0.2) is 35.3 Å². The van der Waals surface area contributed by atoms with E-state index in [-0.39, 0.29) is 0 Å². The first kappa shape index (κ1) is 14.3. The summed E-state index contributed by atoms with van der Waals surface area (Å²) in [6.45, 7) is 8.16. The van der Waals surface area contributed by atoms with Crippen molar-refractivity contribution in [1.82, 2.24) is 5.32 Å². The Morgan fingerprint density at radius 3 is 2.64 bits per heavy atom. The lowest BCUT2D eigenvalue weighted by molar-refractivity contribution is 0.296. The van der Waals surface area contributed by atoms with Gasteiger partial charge in [0.05, 0.1) is 0 Å². The van der Waals surface area contributed by atoms with Gasteiger partial charge < -0.3 is 10.4 Å². The van der Waals surface area contributed by atoms with Gasteiger partial charge in [-0.3, -0.25) is 0 Å². The van der Waals surface area contributed by atoms with Crippen molar-refractivity contribution in [2.24, 2.45) is 0 Å². The molecule has 2 nitrogen and oxygen atoms in total. The van der Waals surface area contributed by atoms with E-state index in [9.17, 15) is 0 Å². The average molecular weight is 219 g/mol. The Labute approximate surface area is 92.9 Å². The molecule has 0 spiro atoms. The molecular formula is C11H25NOS. The molecule has 86 valence electrons. The van der Waals surface area contributed by atoms with Gasteiger partial charge in [-0.15, -0.1) is 0 Å². The monoisotopic (exact) mass is 219 g/mol. The van der Waals surface area contributed by atoms with Gasteiger partial charge in [-0.2, -0.15) is 11.8 Å². The second kappa shape index (κ2) is 9.81. The summed E-state index contributed by atoms with van der Waals surface area (Å²) in [4.78, 5) is 0. The summed E-state index contributed by atoms with van der Waals surface area (Å²) in [6, 6.07) is 0.617. The van der Waals surface area contributed by atoms with Crippen molar-refractivity contribution in [2.75, 3.05) is 18.9 Å². The van der Waals surface area contributed by atoms with Crippen LogP contribution in [0.2, 0.25) is 0 Å². The topological polar surface area (TPSA) is 32.3 Å². The summed E-state index contributed by atoms with van der Waals surface area (Å²) in [5.74, 6) is 1.08. The molecule has 0 bridgehead atoms. The van der Waals surface area contributed by atoms with Crippen molar-refractivity contribution in [1.29, 1.82) is 0 Å². The molecule has 0 aliphatic rings. The minimum Gasteiger partial charge on any atom is -0.396 e. The van der Waals surface area contributed by atoms with E-state index in [4.69, 9.17) is 5.11 Å². The third-order valence-electron chi connectivity index (χ3n) is 2.13. The van der Waals surface area contributed by atoms with Crippen molar-refractivity contribution in [3.8, 4) is 0 Å².